The number of fused-ring (bicyclic) bond motifs is 1. The van der Waals surface area contributed by atoms with Crippen LogP contribution in [0.4, 0.5) is 13.2 Å². The van der Waals surface area contributed by atoms with Gasteiger partial charge in [0.15, 0.2) is 0 Å². The molecule has 0 saturated heterocycles. The van der Waals surface area contributed by atoms with Gasteiger partial charge < -0.3 is 0 Å². The van der Waals surface area contributed by atoms with Gasteiger partial charge in [-0.05, 0) is 38.0 Å². The highest BCUT2D eigenvalue weighted by Crippen LogP contribution is 2.30. The summed E-state index contributed by atoms with van der Waals surface area (Å²) >= 11 is 2.05. The predicted molar refractivity (Wildman–Crippen MR) is 95.0 cm³/mol. The Hall–Kier alpha value is -1.69. The van der Waals surface area contributed by atoms with Crippen LogP contribution in [-0.2, 0) is 6.18 Å². The zero-order valence-electron chi connectivity index (χ0n) is 13.1. The number of aliphatic imine (C=N–C) groups is 1. The standard InChI is InChI=1S/C15H15F3IN5O/c1-8-11-5-6-12(20-13(11)24(19)23-8)21-22-14(25)9-3-2-4-10(7-9)15(16,17)18/h2-4,7,11-12,21H,5-6H2,1H3,(H,22,25). The number of carbonyl (C=O) groups excluding carboxylic acids is 1. The molecule has 0 radical (unpaired) electrons. The smallest absolute Gasteiger partial charge is 0.285 e. The van der Waals surface area contributed by atoms with Gasteiger partial charge in [0.2, 0.25) is 0 Å². The van der Waals surface area contributed by atoms with Gasteiger partial charge in [0.25, 0.3) is 5.91 Å². The van der Waals surface area contributed by atoms with Gasteiger partial charge in [-0.3, -0.25) is 10.2 Å². The summed E-state index contributed by atoms with van der Waals surface area (Å²) in [5.41, 5.74) is 5.28. The number of rotatable bonds is 3. The second-order valence-electron chi connectivity index (χ2n) is 5.81. The largest absolute Gasteiger partial charge is 0.416 e. The number of benzene rings is 1. The third kappa shape index (κ3) is 3.94. The van der Waals surface area contributed by atoms with Crippen molar-refractivity contribution in [2.24, 2.45) is 16.0 Å². The molecule has 2 heterocycles. The molecule has 10 heteroatoms. The average Bonchev–Trinajstić information content (AvgIpc) is 2.86. The number of hydrogen-bond acceptors (Lipinski definition) is 5. The van der Waals surface area contributed by atoms with E-state index in [4.69, 9.17) is 0 Å². The van der Waals surface area contributed by atoms with Gasteiger partial charge >= 0.3 is 6.18 Å². The SMILES string of the molecule is CC1=NN(I)C2=NC(NNC(=O)c3cccc(C(F)(F)F)c3)CCC12. The quantitative estimate of drug-likeness (QED) is 0.410. The van der Waals surface area contributed by atoms with Crippen LogP contribution in [0.1, 0.15) is 35.7 Å². The number of nitrogens with one attached hydrogen (secondary N) is 2. The van der Waals surface area contributed by atoms with E-state index in [1.165, 1.54) is 12.1 Å². The first-order valence-electron chi connectivity index (χ1n) is 7.57. The van der Waals surface area contributed by atoms with E-state index in [2.05, 4.69) is 20.9 Å². The molecule has 2 atom stereocenters. The van der Waals surface area contributed by atoms with Gasteiger partial charge in [-0.25, -0.2) is 10.4 Å². The second-order valence-corrected chi connectivity index (χ2v) is 6.73. The molecule has 3 rings (SSSR count). The minimum atomic E-state index is -4.49. The second kappa shape index (κ2) is 6.90. The Bertz CT molecular complexity index is 749. The number of halogens is 4. The molecular formula is C15H15F3IN5O. The third-order valence-electron chi connectivity index (χ3n) is 4.07. The Morgan fingerprint density at radius 3 is 2.84 bits per heavy atom. The highest BCUT2D eigenvalue weighted by Gasteiger charge is 2.35. The van der Waals surface area contributed by atoms with Crippen LogP contribution in [0.5, 0.6) is 0 Å². The molecule has 2 unspecified atom stereocenters. The highest BCUT2D eigenvalue weighted by molar-refractivity contribution is 14.1. The third-order valence-corrected chi connectivity index (χ3v) is 4.78. The van der Waals surface area contributed by atoms with Crippen LogP contribution in [-0.4, -0.2) is 26.8 Å². The zero-order valence-corrected chi connectivity index (χ0v) is 15.3. The minimum Gasteiger partial charge on any atom is -0.285 e. The van der Waals surface area contributed by atoms with E-state index in [1.54, 1.807) is 3.22 Å². The van der Waals surface area contributed by atoms with Crippen molar-refractivity contribution in [1.29, 1.82) is 0 Å². The molecule has 6 nitrogen and oxygen atoms in total. The van der Waals surface area contributed by atoms with Crippen LogP contribution >= 0.6 is 22.9 Å². The van der Waals surface area contributed by atoms with Gasteiger partial charge in [0.05, 0.1) is 34.3 Å². The number of alkyl halides is 3. The maximum atomic E-state index is 12.7. The van der Waals surface area contributed by atoms with Crippen LogP contribution in [0.15, 0.2) is 34.4 Å². The Balaban J connectivity index is 1.63. The van der Waals surface area contributed by atoms with Gasteiger partial charge in [-0.1, -0.05) is 6.07 Å². The molecular weight excluding hydrogens is 450 g/mol. The fraction of sp³-hybridized carbons (Fsp3) is 0.400. The normalized spacial score (nSPS) is 23.0. The van der Waals surface area contributed by atoms with Gasteiger partial charge in [-0.2, -0.15) is 21.5 Å². The van der Waals surface area contributed by atoms with Gasteiger partial charge in [-0.15, -0.1) is 0 Å². The average molecular weight is 465 g/mol. The molecule has 2 aliphatic rings. The summed E-state index contributed by atoms with van der Waals surface area (Å²) in [7, 11) is 0. The first-order valence-corrected chi connectivity index (χ1v) is 8.54. The van der Waals surface area contributed by atoms with E-state index in [-0.39, 0.29) is 17.6 Å². The molecule has 134 valence electrons. The monoisotopic (exact) mass is 465 g/mol. The summed E-state index contributed by atoms with van der Waals surface area (Å²) in [6, 6.07) is 4.28. The molecule has 0 fully saturated rings. The van der Waals surface area contributed by atoms with E-state index in [0.29, 0.717) is 6.42 Å². The summed E-state index contributed by atoms with van der Waals surface area (Å²) in [5, 5.41) is 4.33. The van der Waals surface area contributed by atoms with Crippen molar-refractivity contribution < 1.29 is 18.0 Å². The van der Waals surface area contributed by atoms with Crippen molar-refractivity contribution in [3.05, 3.63) is 35.4 Å². The van der Waals surface area contributed by atoms with Gasteiger partial charge in [0.1, 0.15) is 12.0 Å². The summed E-state index contributed by atoms with van der Waals surface area (Å²) in [5.74, 6) is 0.364. The number of carbonyl (C=O) groups is 1. The van der Waals surface area contributed by atoms with E-state index < -0.39 is 17.6 Å². The zero-order chi connectivity index (χ0) is 18.2. The predicted octanol–water partition coefficient (Wildman–Crippen LogP) is 3.12. The van der Waals surface area contributed by atoms with Gasteiger partial charge in [0, 0.05) is 11.3 Å². The molecule has 2 N–H and O–H groups in total. The Kier molecular flexibility index (Phi) is 5.00. The number of hydrazine groups is 1. The van der Waals surface area contributed by atoms with Crippen molar-refractivity contribution in [3.63, 3.8) is 0 Å². The van der Waals surface area contributed by atoms with E-state index in [1.807, 2.05) is 29.8 Å². The number of hydrazone groups is 1. The number of nitrogens with zero attached hydrogens (tertiary/aromatic N) is 3. The van der Waals surface area contributed by atoms with Crippen molar-refractivity contribution >= 4 is 40.3 Å². The van der Waals surface area contributed by atoms with E-state index >= 15 is 0 Å². The Morgan fingerprint density at radius 1 is 1.36 bits per heavy atom. The molecule has 25 heavy (non-hydrogen) atoms. The van der Waals surface area contributed by atoms with E-state index in [9.17, 15) is 18.0 Å². The molecule has 1 aromatic carbocycles. The molecule has 0 aromatic heterocycles. The lowest BCUT2D eigenvalue weighted by molar-refractivity contribution is -0.137. The van der Waals surface area contributed by atoms with Crippen molar-refractivity contribution in [1.82, 2.24) is 14.1 Å². The molecule has 0 aliphatic carbocycles. The summed E-state index contributed by atoms with van der Waals surface area (Å²) in [4.78, 5) is 16.6. The maximum Gasteiger partial charge on any atom is 0.416 e. The van der Waals surface area contributed by atoms with Crippen LogP contribution in [0.25, 0.3) is 0 Å². The fourth-order valence-electron chi connectivity index (χ4n) is 2.76. The molecule has 1 aromatic rings. The van der Waals surface area contributed by atoms with E-state index in [0.717, 1.165) is 30.1 Å². The fourth-order valence-corrected chi connectivity index (χ4v) is 3.56. The van der Waals surface area contributed by atoms with Crippen molar-refractivity contribution in [2.75, 3.05) is 0 Å². The Labute approximate surface area is 156 Å². The van der Waals surface area contributed by atoms with Crippen molar-refractivity contribution in [2.45, 2.75) is 32.1 Å². The Morgan fingerprint density at radius 2 is 2.12 bits per heavy atom. The number of amides is 1. The van der Waals surface area contributed by atoms with Crippen LogP contribution in [0, 0.1) is 5.92 Å². The first-order chi connectivity index (χ1) is 11.8. The molecule has 0 bridgehead atoms. The summed E-state index contributed by atoms with van der Waals surface area (Å²) in [6.07, 6.45) is -3.31. The minimum absolute atomic E-state index is 0.0702. The maximum absolute atomic E-state index is 12.7. The number of amidine groups is 1. The highest BCUT2D eigenvalue weighted by atomic mass is 127. The molecule has 2 aliphatic heterocycles. The van der Waals surface area contributed by atoms with Crippen LogP contribution in [0.2, 0.25) is 0 Å². The summed E-state index contributed by atoms with van der Waals surface area (Å²) in [6.45, 7) is 1.95. The van der Waals surface area contributed by atoms with Crippen molar-refractivity contribution in [3.8, 4) is 0 Å². The lowest BCUT2D eigenvalue weighted by Crippen LogP contribution is -2.46. The lowest BCUT2D eigenvalue weighted by atomic mass is 9.95. The molecule has 0 spiro atoms. The summed E-state index contributed by atoms with van der Waals surface area (Å²) < 4.78 is 39.8. The van der Waals surface area contributed by atoms with Crippen LogP contribution < -0.4 is 10.9 Å². The number of hydrogen-bond donors (Lipinski definition) is 2. The molecule has 0 saturated carbocycles. The van der Waals surface area contributed by atoms with Crippen LogP contribution in [0.3, 0.4) is 0 Å². The first kappa shape index (κ1) is 18.1. The molecule has 1 amide bonds. The lowest BCUT2D eigenvalue weighted by Gasteiger charge is -2.25. The topological polar surface area (TPSA) is 69.1 Å².